The summed E-state index contributed by atoms with van der Waals surface area (Å²) in [5.41, 5.74) is 0. The molecule has 3 fully saturated rings. The van der Waals surface area contributed by atoms with E-state index in [9.17, 15) is 48.3 Å². The third kappa shape index (κ3) is 14.0. The second-order valence-electron chi connectivity index (χ2n) is 13.8. The van der Waals surface area contributed by atoms with E-state index in [0.29, 0.717) is 0 Å². The highest BCUT2D eigenvalue weighted by molar-refractivity contribution is 5.73. The van der Waals surface area contributed by atoms with E-state index in [1.165, 1.54) is 6.92 Å². The third-order valence-electron chi connectivity index (χ3n) is 8.65. The number of hydrogen-bond donors (Lipinski definition) is 2. The summed E-state index contributed by atoms with van der Waals surface area (Å²) < 4.78 is 73.9. The Morgan fingerprint density at radius 1 is 0.450 bits per heavy atom. The van der Waals surface area contributed by atoms with E-state index in [1.54, 1.807) is 0 Å². The molecule has 0 saturated carbocycles. The van der Waals surface area contributed by atoms with Gasteiger partial charge in [-0.1, -0.05) is 0 Å². The topological polar surface area (TPSA) is 306 Å². The minimum absolute atomic E-state index is 0.651. The van der Waals surface area contributed by atoms with Gasteiger partial charge in [0.15, 0.2) is 55.5 Å². The summed E-state index contributed by atoms with van der Waals surface area (Å²) in [5.74, 6) is -7.93. The fourth-order valence-electron chi connectivity index (χ4n) is 6.66. The van der Waals surface area contributed by atoms with E-state index in [-0.39, 0.29) is 0 Å². The van der Waals surface area contributed by atoms with Gasteiger partial charge in [-0.15, -0.1) is 0 Å². The maximum absolute atomic E-state index is 12.6. The largest absolute Gasteiger partial charge is 0.463 e. The number of amides is 1. The zero-order chi connectivity index (χ0) is 45.2. The van der Waals surface area contributed by atoms with Gasteiger partial charge >= 0.3 is 47.8 Å². The first-order valence-electron chi connectivity index (χ1n) is 18.5. The second kappa shape index (κ2) is 22.0. The van der Waals surface area contributed by atoms with Crippen molar-refractivity contribution in [3.8, 4) is 0 Å². The lowest BCUT2D eigenvalue weighted by Crippen LogP contribution is -2.70. The van der Waals surface area contributed by atoms with Gasteiger partial charge in [0, 0.05) is 62.3 Å². The molecule has 15 atom stereocenters. The van der Waals surface area contributed by atoms with Crippen molar-refractivity contribution >= 4 is 53.7 Å². The SMILES string of the molecule is CC(=O)NC1C(O[C@@H]2OC(C)[C@@H](OC(C)=O)C(OC(C)=O)C2OC(C)=O)[C@H](O[C@@H]2OC(COC(C)=O)[C@H](OC(C)=O)C(OC(C)=O)C2OC(C)=O)C(COC(C)=O)O[C@H]1O. The van der Waals surface area contributed by atoms with Crippen molar-refractivity contribution in [3.05, 3.63) is 0 Å². The Kier molecular flexibility index (Phi) is 18.1. The first kappa shape index (κ1) is 49.4. The molecule has 3 rings (SSSR count). The first-order valence-corrected chi connectivity index (χ1v) is 18.5. The van der Waals surface area contributed by atoms with Crippen LogP contribution in [0.15, 0.2) is 0 Å². The minimum atomic E-state index is -1.99. The molecule has 3 heterocycles. The fraction of sp³-hybridized carbons (Fsp3) is 0.750. The van der Waals surface area contributed by atoms with Crippen molar-refractivity contribution < 1.29 is 110 Å². The summed E-state index contributed by atoms with van der Waals surface area (Å²) in [6, 6.07) is -1.65. The van der Waals surface area contributed by atoms with Crippen LogP contribution in [-0.4, -0.2) is 164 Å². The molecule has 0 aromatic rings. The summed E-state index contributed by atoms with van der Waals surface area (Å²) in [6.07, 6.45) is -23.4. The van der Waals surface area contributed by atoms with Crippen LogP contribution < -0.4 is 5.32 Å². The molecule has 0 aromatic carbocycles. The maximum Gasteiger partial charge on any atom is 0.303 e. The highest BCUT2D eigenvalue weighted by Crippen LogP contribution is 2.37. The normalized spacial score (nSPS) is 33.8. The molecule has 2 N–H and O–H groups in total. The van der Waals surface area contributed by atoms with E-state index >= 15 is 0 Å². The molecule has 3 saturated heterocycles. The van der Waals surface area contributed by atoms with Crippen molar-refractivity contribution in [1.82, 2.24) is 5.32 Å². The Bertz CT molecular complexity index is 1600. The number of aliphatic hydroxyl groups excluding tert-OH is 1. The molecule has 0 spiro atoms. The van der Waals surface area contributed by atoms with Gasteiger partial charge in [0.05, 0.1) is 6.10 Å². The van der Waals surface area contributed by atoms with Gasteiger partial charge in [-0.05, 0) is 6.92 Å². The predicted molar refractivity (Wildman–Crippen MR) is 188 cm³/mol. The van der Waals surface area contributed by atoms with E-state index in [0.717, 1.165) is 62.3 Å². The quantitative estimate of drug-likeness (QED) is 0.135. The Morgan fingerprint density at radius 2 is 0.817 bits per heavy atom. The Labute approximate surface area is 343 Å². The zero-order valence-corrected chi connectivity index (χ0v) is 34.5. The van der Waals surface area contributed by atoms with Gasteiger partial charge in [-0.25, -0.2) is 0 Å². The van der Waals surface area contributed by atoms with Crippen LogP contribution >= 0.6 is 0 Å². The van der Waals surface area contributed by atoms with Crippen LogP contribution in [-0.2, 0) is 105 Å². The lowest BCUT2D eigenvalue weighted by molar-refractivity contribution is -0.371. The molecule has 338 valence electrons. The lowest BCUT2D eigenvalue weighted by atomic mass is 9.94. The number of carbonyl (C=O) groups is 9. The number of esters is 8. The number of nitrogens with one attached hydrogen (secondary N) is 1. The van der Waals surface area contributed by atoms with Crippen molar-refractivity contribution in [2.45, 2.75) is 161 Å². The number of ether oxygens (including phenoxy) is 13. The zero-order valence-electron chi connectivity index (χ0n) is 34.5. The maximum atomic E-state index is 12.6. The monoisotopic (exact) mass is 865 g/mol. The summed E-state index contributed by atoms with van der Waals surface area (Å²) in [6.45, 7) is 9.35. The van der Waals surface area contributed by atoms with Gasteiger partial charge in [0.25, 0.3) is 0 Å². The van der Waals surface area contributed by atoms with Crippen LogP contribution in [0.2, 0.25) is 0 Å². The van der Waals surface area contributed by atoms with E-state index in [1.807, 2.05) is 0 Å². The van der Waals surface area contributed by atoms with Crippen LogP contribution in [0.5, 0.6) is 0 Å². The molecular formula is C36H51NO23. The van der Waals surface area contributed by atoms with Crippen LogP contribution in [0.1, 0.15) is 69.2 Å². The molecular weight excluding hydrogens is 814 g/mol. The van der Waals surface area contributed by atoms with Crippen LogP contribution in [0.25, 0.3) is 0 Å². The van der Waals surface area contributed by atoms with Gasteiger partial charge in [0.2, 0.25) is 5.91 Å². The van der Waals surface area contributed by atoms with Crippen molar-refractivity contribution in [2.75, 3.05) is 13.2 Å². The molecule has 0 bridgehead atoms. The summed E-state index contributed by atoms with van der Waals surface area (Å²) in [7, 11) is 0. The van der Waals surface area contributed by atoms with E-state index in [2.05, 4.69) is 5.32 Å². The summed E-state index contributed by atoms with van der Waals surface area (Å²) in [5, 5.41) is 13.8. The van der Waals surface area contributed by atoms with Crippen LogP contribution in [0, 0.1) is 0 Å². The average Bonchev–Trinajstić information content (AvgIpc) is 3.10. The molecule has 24 heteroatoms. The average molecular weight is 866 g/mol. The van der Waals surface area contributed by atoms with Crippen molar-refractivity contribution in [1.29, 1.82) is 0 Å². The molecule has 0 radical (unpaired) electrons. The molecule has 3 aliphatic rings. The summed E-state index contributed by atoms with van der Waals surface area (Å²) >= 11 is 0. The summed E-state index contributed by atoms with van der Waals surface area (Å²) in [4.78, 5) is 111. The predicted octanol–water partition coefficient (Wildman–Crippen LogP) is -1.84. The van der Waals surface area contributed by atoms with E-state index < -0.39 is 159 Å². The van der Waals surface area contributed by atoms with Gasteiger partial charge < -0.3 is 72.0 Å². The Morgan fingerprint density at radius 3 is 1.25 bits per heavy atom. The third-order valence-corrected chi connectivity index (χ3v) is 8.65. The standard InChI is InChI=1S/C36H51NO23/c1-13-26(51-17(5)41)30(53-19(7)43)32(55-21(9)45)35(50-13)60-29-25(37-14(2)38)34(47)57-23(11-48-15(3)39)27(29)59-36-33(56-22(10)46)31(54-20(8)44)28(52-18(6)42)24(58-36)12-49-16(4)40/h13,23-36,47H,11-12H2,1-10H3,(H,37,38)/t13?,23?,24?,25?,26-,27-,28+,29?,30?,31?,32?,33?,34-,35+,36+/m1/s1. The second-order valence-corrected chi connectivity index (χ2v) is 13.8. The Balaban J connectivity index is 2.28. The highest BCUT2D eigenvalue weighted by Gasteiger charge is 2.58. The van der Waals surface area contributed by atoms with Crippen LogP contribution in [0.4, 0.5) is 0 Å². The molecule has 9 unspecified atom stereocenters. The molecule has 24 nitrogen and oxygen atoms in total. The fourth-order valence-corrected chi connectivity index (χ4v) is 6.66. The van der Waals surface area contributed by atoms with Crippen molar-refractivity contribution in [2.24, 2.45) is 0 Å². The lowest BCUT2D eigenvalue weighted by Gasteiger charge is -2.50. The smallest absolute Gasteiger partial charge is 0.303 e. The van der Waals surface area contributed by atoms with Gasteiger partial charge in [-0.3, -0.25) is 43.2 Å². The number of hydrogen-bond acceptors (Lipinski definition) is 23. The molecule has 3 aliphatic heterocycles. The minimum Gasteiger partial charge on any atom is -0.463 e. The van der Waals surface area contributed by atoms with Gasteiger partial charge in [-0.2, -0.15) is 0 Å². The number of carbonyl (C=O) groups excluding carboxylic acids is 9. The molecule has 60 heavy (non-hydrogen) atoms. The van der Waals surface area contributed by atoms with E-state index in [4.69, 9.17) is 61.6 Å². The molecule has 0 aromatic heterocycles. The molecule has 1 amide bonds. The Hall–Kier alpha value is -5.01. The number of rotatable bonds is 15. The highest BCUT2D eigenvalue weighted by atomic mass is 16.8. The van der Waals surface area contributed by atoms with Crippen molar-refractivity contribution in [3.63, 3.8) is 0 Å². The van der Waals surface area contributed by atoms with Crippen LogP contribution in [0.3, 0.4) is 0 Å². The van der Waals surface area contributed by atoms with Gasteiger partial charge in [0.1, 0.15) is 43.7 Å². The first-order chi connectivity index (χ1) is 28.0. The molecule has 0 aliphatic carbocycles. The number of aliphatic hydroxyl groups is 1.